The number of aryl methyl sites for hydroxylation is 1. The van der Waals surface area contributed by atoms with Gasteiger partial charge in [0, 0.05) is 29.1 Å². The third-order valence-corrected chi connectivity index (χ3v) is 8.02. The minimum Gasteiger partial charge on any atom is -0.465 e. The molecule has 3 aromatic heterocycles. The molecule has 0 spiro atoms. The minimum atomic E-state index is -1.04. The van der Waals surface area contributed by atoms with Crippen LogP contribution in [0.5, 0.6) is 0 Å². The highest BCUT2D eigenvalue weighted by Crippen LogP contribution is 2.41. The molecule has 0 radical (unpaired) electrons. The lowest BCUT2D eigenvalue weighted by atomic mass is 10.1. The Balaban J connectivity index is 1.89. The van der Waals surface area contributed by atoms with Gasteiger partial charge in [0.05, 0.1) is 11.2 Å². The van der Waals surface area contributed by atoms with E-state index in [2.05, 4.69) is 4.37 Å². The predicted octanol–water partition coefficient (Wildman–Crippen LogP) is 6.13. The summed E-state index contributed by atoms with van der Waals surface area (Å²) in [4.78, 5) is 41.2. The Morgan fingerprint density at radius 2 is 1.97 bits per heavy atom. The van der Waals surface area contributed by atoms with Crippen LogP contribution in [0.15, 0.2) is 17.5 Å². The monoisotopic (exact) mass is 509 g/mol. The van der Waals surface area contributed by atoms with Crippen molar-refractivity contribution in [1.29, 1.82) is 0 Å². The standard InChI is InChI=1S/C22H27N3O5S3/c1-12(25(14(3)26)21(29)30-22(4,5)6)10-16-13(2)17-18(32-16)19(33-23-17)24(20(27)28)11-15-8-7-9-31-15/h7-9,12H,10-11H2,1-6H3,(H,27,28). The number of ether oxygens (including phenoxy) is 1. The number of hydrogen-bond donors (Lipinski definition) is 1. The first kappa shape index (κ1) is 25.1. The fourth-order valence-corrected chi connectivity index (χ4v) is 6.50. The van der Waals surface area contributed by atoms with Crippen molar-refractivity contribution in [3.63, 3.8) is 0 Å². The Morgan fingerprint density at radius 1 is 1.27 bits per heavy atom. The molecule has 0 aliphatic carbocycles. The topological polar surface area (TPSA) is 100 Å². The zero-order valence-electron chi connectivity index (χ0n) is 19.4. The van der Waals surface area contributed by atoms with Crippen LogP contribution in [0, 0.1) is 6.92 Å². The summed E-state index contributed by atoms with van der Waals surface area (Å²) in [7, 11) is 0. The first-order valence-corrected chi connectivity index (χ1v) is 12.8. The smallest absolute Gasteiger partial charge is 0.417 e. The Labute approximate surface area is 204 Å². The maximum Gasteiger partial charge on any atom is 0.417 e. The summed E-state index contributed by atoms with van der Waals surface area (Å²) < 4.78 is 10.7. The van der Waals surface area contributed by atoms with Crippen molar-refractivity contribution in [2.75, 3.05) is 4.90 Å². The van der Waals surface area contributed by atoms with Gasteiger partial charge in [-0.15, -0.1) is 22.7 Å². The average molecular weight is 510 g/mol. The highest BCUT2D eigenvalue weighted by Gasteiger charge is 2.31. The van der Waals surface area contributed by atoms with E-state index < -0.39 is 23.8 Å². The molecule has 0 aliphatic heterocycles. The summed E-state index contributed by atoms with van der Waals surface area (Å²) in [5.74, 6) is -0.390. The van der Waals surface area contributed by atoms with E-state index in [1.54, 1.807) is 27.7 Å². The SMILES string of the molecule is CC(=O)N(C(=O)OC(C)(C)C)C(C)Cc1sc2c(N(Cc3cccs3)C(=O)O)snc2c1C. The van der Waals surface area contributed by atoms with Crippen molar-refractivity contribution in [2.45, 2.75) is 66.2 Å². The van der Waals surface area contributed by atoms with Crippen molar-refractivity contribution in [2.24, 2.45) is 0 Å². The van der Waals surface area contributed by atoms with Gasteiger partial charge in [-0.05, 0) is 63.2 Å². The highest BCUT2D eigenvalue weighted by molar-refractivity contribution is 7.25. The number of carboxylic acid groups (broad SMARTS) is 1. The molecule has 33 heavy (non-hydrogen) atoms. The largest absolute Gasteiger partial charge is 0.465 e. The van der Waals surface area contributed by atoms with Gasteiger partial charge in [-0.3, -0.25) is 9.69 Å². The van der Waals surface area contributed by atoms with Crippen LogP contribution in [0.1, 0.15) is 49.9 Å². The fraction of sp³-hybridized carbons (Fsp3) is 0.455. The summed E-state index contributed by atoms with van der Waals surface area (Å²) >= 11 is 4.12. The third kappa shape index (κ3) is 5.71. The Morgan fingerprint density at radius 3 is 2.52 bits per heavy atom. The number of imide groups is 1. The van der Waals surface area contributed by atoms with E-state index in [1.807, 2.05) is 24.4 Å². The maximum absolute atomic E-state index is 12.6. The van der Waals surface area contributed by atoms with Crippen LogP contribution >= 0.6 is 34.2 Å². The number of fused-ring (bicyclic) bond motifs is 1. The Bertz CT molecular complexity index is 1160. The van der Waals surface area contributed by atoms with E-state index in [-0.39, 0.29) is 12.5 Å². The van der Waals surface area contributed by atoms with Crippen molar-refractivity contribution in [3.05, 3.63) is 32.8 Å². The number of thiophene rings is 2. The van der Waals surface area contributed by atoms with Crippen molar-refractivity contribution < 1.29 is 24.2 Å². The van der Waals surface area contributed by atoms with Crippen LogP contribution in [0.3, 0.4) is 0 Å². The van der Waals surface area contributed by atoms with Crippen molar-refractivity contribution >= 4 is 67.5 Å². The van der Waals surface area contributed by atoms with Crippen LogP contribution in [0.25, 0.3) is 10.2 Å². The second-order valence-corrected chi connectivity index (χ2v) is 11.6. The second kappa shape index (κ2) is 9.78. The molecule has 3 aromatic rings. The molecule has 3 heterocycles. The van der Waals surface area contributed by atoms with E-state index in [0.717, 1.165) is 42.0 Å². The molecule has 0 saturated carbocycles. The fourth-order valence-electron chi connectivity index (χ4n) is 3.38. The zero-order valence-corrected chi connectivity index (χ0v) is 21.8. The molecule has 8 nitrogen and oxygen atoms in total. The molecule has 3 amide bonds. The first-order chi connectivity index (χ1) is 15.4. The van der Waals surface area contributed by atoms with E-state index >= 15 is 0 Å². The lowest BCUT2D eigenvalue weighted by Crippen LogP contribution is -2.45. The highest BCUT2D eigenvalue weighted by atomic mass is 32.1. The average Bonchev–Trinajstić information content (AvgIpc) is 3.38. The van der Waals surface area contributed by atoms with E-state index in [9.17, 15) is 19.5 Å². The molecule has 0 bridgehead atoms. The number of carbonyl (C=O) groups excluding carboxylic acids is 2. The van der Waals surface area contributed by atoms with Gasteiger partial charge in [0.2, 0.25) is 5.91 Å². The van der Waals surface area contributed by atoms with E-state index in [4.69, 9.17) is 4.74 Å². The summed E-state index contributed by atoms with van der Waals surface area (Å²) in [6.45, 7) is 10.6. The number of rotatable bonds is 6. The van der Waals surface area contributed by atoms with Gasteiger partial charge in [-0.2, -0.15) is 4.37 Å². The van der Waals surface area contributed by atoms with E-state index in [1.165, 1.54) is 34.5 Å². The molecule has 0 saturated heterocycles. The quantitative estimate of drug-likeness (QED) is 0.429. The lowest BCUT2D eigenvalue weighted by molar-refractivity contribution is -0.129. The third-order valence-electron chi connectivity index (χ3n) is 4.85. The molecular formula is C22H27N3O5S3. The Hall–Kier alpha value is -2.50. The zero-order chi connectivity index (χ0) is 24.5. The van der Waals surface area contributed by atoms with Crippen LogP contribution in [-0.2, 0) is 22.5 Å². The van der Waals surface area contributed by atoms with Crippen LogP contribution in [0.4, 0.5) is 14.6 Å². The number of carbonyl (C=O) groups is 3. The van der Waals surface area contributed by atoms with Crippen LogP contribution < -0.4 is 4.90 Å². The molecule has 178 valence electrons. The first-order valence-electron chi connectivity index (χ1n) is 10.3. The van der Waals surface area contributed by atoms with Crippen LogP contribution in [0.2, 0.25) is 0 Å². The number of anilines is 1. The molecular weight excluding hydrogens is 482 g/mol. The summed E-state index contributed by atoms with van der Waals surface area (Å²) in [6, 6.07) is 3.36. The Kier molecular flexibility index (Phi) is 7.45. The van der Waals surface area contributed by atoms with Gasteiger partial charge in [0.25, 0.3) is 0 Å². The van der Waals surface area contributed by atoms with E-state index in [0.29, 0.717) is 11.4 Å². The molecule has 1 N–H and O–H groups in total. The molecule has 0 aliphatic rings. The summed E-state index contributed by atoms with van der Waals surface area (Å²) in [6.07, 6.45) is -1.29. The van der Waals surface area contributed by atoms with Gasteiger partial charge in [0.15, 0.2) is 0 Å². The number of amides is 3. The van der Waals surface area contributed by atoms with Gasteiger partial charge in [-0.25, -0.2) is 14.5 Å². The molecule has 1 atom stereocenters. The maximum atomic E-state index is 12.6. The normalized spacial score (nSPS) is 12.5. The molecule has 0 fully saturated rings. The number of nitrogens with zero attached hydrogens (tertiary/aromatic N) is 3. The minimum absolute atomic E-state index is 0.254. The van der Waals surface area contributed by atoms with Crippen molar-refractivity contribution in [1.82, 2.24) is 9.27 Å². The second-order valence-electron chi connectivity index (χ2n) is 8.69. The van der Waals surface area contributed by atoms with Gasteiger partial charge < -0.3 is 9.84 Å². The lowest BCUT2D eigenvalue weighted by Gasteiger charge is -2.29. The molecule has 1 unspecified atom stereocenters. The number of aromatic nitrogens is 1. The molecule has 11 heteroatoms. The number of hydrogen-bond acceptors (Lipinski definition) is 8. The van der Waals surface area contributed by atoms with Gasteiger partial charge in [0.1, 0.15) is 16.1 Å². The van der Waals surface area contributed by atoms with Gasteiger partial charge >= 0.3 is 12.2 Å². The predicted molar refractivity (Wildman–Crippen MR) is 133 cm³/mol. The molecule has 0 aromatic carbocycles. The summed E-state index contributed by atoms with van der Waals surface area (Å²) in [5, 5.41) is 12.3. The molecule has 3 rings (SSSR count). The van der Waals surface area contributed by atoms with Crippen LogP contribution in [-0.4, -0.2) is 44.1 Å². The van der Waals surface area contributed by atoms with Crippen molar-refractivity contribution in [3.8, 4) is 0 Å². The van der Waals surface area contributed by atoms with Gasteiger partial charge in [-0.1, -0.05) is 6.07 Å². The summed E-state index contributed by atoms with van der Waals surface area (Å²) in [5.41, 5.74) is 0.970.